The molecule has 0 spiro atoms. The number of hydrogen-bond acceptors (Lipinski definition) is 4. The van der Waals surface area contributed by atoms with Crippen molar-refractivity contribution < 1.29 is 14.0 Å². The fraction of sp³-hybridized carbons (Fsp3) is 0.684. The Kier molecular flexibility index (Phi) is 7.53. The van der Waals surface area contributed by atoms with Gasteiger partial charge in [0.15, 0.2) is 5.76 Å². The molecule has 7 heteroatoms. The highest BCUT2D eigenvalue weighted by Crippen LogP contribution is 2.38. The van der Waals surface area contributed by atoms with Crippen molar-refractivity contribution in [1.29, 1.82) is 0 Å². The summed E-state index contributed by atoms with van der Waals surface area (Å²) in [5.41, 5.74) is 5.98. The van der Waals surface area contributed by atoms with Crippen molar-refractivity contribution in [2.75, 3.05) is 19.6 Å². The number of nitrogens with zero attached hydrogens (tertiary/aromatic N) is 1. The Morgan fingerprint density at radius 3 is 2.50 bits per heavy atom. The number of rotatable bonds is 5. The molecule has 1 aliphatic carbocycles. The van der Waals surface area contributed by atoms with Gasteiger partial charge in [0.1, 0.15) is 0 Å². The number of nitrogens with two attached hydrogens (primary N) is 1. The zero-order valence-corrected chi connectivity index (χ0v) is 16.1. The number of carbonyl (C=O) groups excluding carboxylic acids is 2. The minimum Gasteiger partial charge on any atom is -0.459 e. The van der Waals surface area contributed by atoms with Crippen molar-refractivity contribution in [1.82, 2.24) is 10.2 Å². The largest absolute Gasteiger partial charge is 0.459 e. The van der Waals surface area contributed by atoms with Gasteiger partial charge in [-0.3, -0.25) is 9.59 Å². The lowest BCUT2D eigenvalue weighted by Gasteiger charge is -2.37. The predicted molar refractivity (Wildman–Crippen MR) is 102 cm³/mol. The third-order valence-electron chi connectivity index (χ3n) is 5.76. The van der Waals surface area contributed by atoms with Gasteiger partial charge in [-0.2, -0.15) is 0 Å². The van der Waals surface area contributed by atoms with Crippen LogP contribution in [0.5, 0.6) is 0 Å². The lowest BCUT2D eigenvalue weighted by Crippen LogP contribution is -2.48. The second-order valence-electron chi connectivity index (χ2n) is 7.55. The van der Waals surface area contributed by atoms with Crippen LogP contribution in [-0.4, -0.2) is 42.4 Å². The van der Waals surface area contributed by atoms with Gasteiger partial charge < -0.3 is 20.4 Å². The fourth-order valence-electron chi connectivity index (χ4n) is 4.16. The average Bonchev–Trinajstić information content (AvgIpc) is 3.17. The first-order valence-corrected chi connectivity index (χ1v) is 9.44. The number of carbonyl (C=O) groups is 2. The average molecular weight is 384 g/mol. The van der Waals surface area contributed by atoms with Gasteiger partial charge in [0.05, 0.1) is 6.26 Å². The minimum absolute atomic E-state index is 0. The SMILES string of the molecule is Cl.NCC1(CC(=O)NC2CCN(C(=O)c3ccco3)CC2)CCCCC1. The maximum Gasteiger partial charge on any atom is 0.289 e. The molecule has 0 radical (unpaired) electrons. The monoisotopic (exact) mass is 383 g/mol. The quantitative estimate of drug-likeness (QED) is 0.818. The summed E-state index contributed by atoms with van der Waals surface area (Å²) in [6.07, 6.45) is 9.36. The van der Waals surface area contributed by atoms with Crippen LogP contribution in [0.2, 0.25) is 0 Å². The summed E-state index contributed by atoms with van der Waals surface area (Å²) in [7, 11) is 0. The first kappa shape index (κ1) is 20.8. The highest BCUT2D eigenvalue weighted by molar-refractivity contribution is 5.91. The van der Waals surface area contributed by atoms with Crippen molar-refractivity contribution in [3.63, 3.8) is 0 Å². The molecule has 1 aromatic heterocycles. The van der Waals surface area contributed by atoms with Crippen LogP contribution in [-0.2, 0) is 4.79 Å². The molecule has 1 aliphatic heterocycles. The van der Waals surface area contributed by atoms with Gasteiger partial charge >= 0.3 is 0 Å². The molecular formula is C19H30ClN3O3. The number of furan rings is 1. The third-order valence-corrected chi connectivity index (χ3v) is 5.76. The van der Waals surface area contributed by atoms with E-state index in [9.17, 15) is 9.59 Å². The van der Waals surface area contributed by atoms with Crippen molar-refractivity contribution in [3.8, 4) is 0 Å². The van der Waals surface area contributed by atoms with E-state index in [4.69, 9.17) is 10.2 Å². The Hall–Kier alpha value is -1.53. The molecule has 1 aromatic rings. The topological polar surface area (TPSA) is 88.6 Å². The number of piperidine rings is 1. The molecule has 2 amide bonds. The number of likely N-dealkylation sites (tertiary alicyclic amines) is 1. The molecule has 146 valence electrons. The van der Waals surface area contributed by atoms with Crippen molar-refractivity contribution in [3.05, 3.63) is 24.2 Å². The van der Waals surface area contributed by atoms with Crippen LogP contribution < -0.4 is 11.1 Å². The molecule has 2 fully saturated rings. The van der Waals surface area contributed by atoms with Crippen LogP contribution >= 0.6 is 12.4 Å². The molecule has 3 N–H and O–H groups in total. The number of nitrogens with one attached hydrogen (secondary N) is 1. The standard InChI is InChI=1S/C19H29N3O3.ClH/c20-14-19(8-2-1-3-9-19)13-17(23)21-15-6-10-22(11-7-15)18(24)16-5-4-12-25-16;/h4-5,12,15H,1-3,6-11,13-14,20H2,(H,21,23);1H. The molecule has 0 aromatic carbocycles. The summed E-state index contributed by atoms with van der Waals surface area (Å²) >= 11 is 0. The van der Waals surface area contributed by atoms with E-state index in [0.29, 0.717) is 31.8 Å². The van der Waals surface area contributed by atoms with Gasteiger partial charge in [-0.15, -0.1) is 12.4 Å². The molecule has 3 rings (SSSR count). The minimum atomic E-state index is -0.0703. The Morgan fingerprint density at radius 1 is 1.23 bits per heavy atom. The summed E-state index contributed by atoms with van der Waals surface area (Å²) in [6.45, 7) is 1.88. The number of amides is 2. The lowest BCUT2D eigenvalue weighted by atomic mass is 9.71. The molecule has 26 heavy (non-hydrogen) atoms. The Labute approximate surface area is 161 Å². The predicted octanol–water partition coefficient (Wildman–Crippen LogP) is 2.72. The van der Waals surface area contributed by atoms with Crippen molar-refractivity contribution in [2.45, 2.75) is 57.4 Å². The smallest absolute Gasteiger partial charge is 0.289 e. The molecule has 2 aliphatic rings. The highest BCUT2D eigenvalue weighted by Gasteiger charge is 2.34. The van der Waals surface area contributed by atoms with E-state index < -0.39 is 0 Å². The molecule has 6 nitrogen and oxygen atoms in total. The van der Waals surface area contributed by atoms with E-state index in [1.807, 2.05) is 0 Å². The van der Waals surface area contributed by atoms with Gasteiger partial charge in [0, 0.05) is 25.6 Å². The van der Waals surface area contributed by atoms with Gasteiger partial charge in [-0.05, 0) is 49.8 Å². The van der Waals surface area contributed by atoms with Crippen molar-refractivity contribution >= 4 is 24.2 Å². The second-order valence-corrected chi connectivity index (χ2v) is 7.55. The zero-order valence-electron chi connectivity index (χ0n) is 15.2. The molecule has 0 bridgehead atoms. The molecule has 1 saturated carbocycles. The summed E-state index contributed by atoms with van der Waals surface area (Å²) < 4.78 is 5.18. The molecule has 0 atom stereocenters. The second kappa shape index (κ2) is 9.42. The van der Waals surface area contributed by atoms with Crippen LogP contribution in [0.15, 0.2) is 22.8 Å². The third kappa shape index (κ3) is 5.01. The molecule has 2 heterocycles. The summed E-state index contributed by atoms with van der Waals surface area (Å²) in [5.74, 6) is 0.423. The van der Waals surface area contributed by atoms with E-state index >= 15 is 0 Å². The maximum absolute atomic E-state index is 12.5. The van der Waals surface area contributed by atoms with Crippen LogP contribution in [0, 0.1) is 5.41 Å². The Morgan fingerprint density at radius 2 is 1.92 bits per heavy atom. The van der Waals surface area contributed by atoms with Gasteiger partial charge in [-0.25, -0.2) is 0 Å². The van der Waals surface area contributed by atoms with Crippen LogP contribution in [0.3, 0.4) is 0 Å². The summed E-state index contributed by atoms with van der Waals surface area (Å²) in [4.78, 5) is 26.5. The van der Waals surface area contributed by atoms with E-state index in [1.165, 1.54) is 25.5 Å². The molecule has 0 unspecified atom stereocenters. The Bertz CT molecular complexity index is 577. The van der Waals surface area contributed by atoms with Crippen LogP contribution in [0.4, 0.5) is 0 Å². The Balaban J connectivity index is 0.00000243. The maximum atomic E-state index is 12.5. The first-order valence-electron chi connectivity index (χ1n) is 9.44. The number of halogens is 1. The van der Waals surface area contributed by atoms with Gasteiger partial charge in [0.25, 0.3) is 5.91 Å². The molecule has 1 saturated heterocycles. The van der Waals surface area contributed by atoms with Gasteiger partial charge in [-0.1, -0.05) is 19.3 Å². The zero-order chi connectivity index (χ0) is 17.7. The van der Waals surface area contributed by atoms with Crippen LogP contribution in [0.1, 0.15) is 61.9 Å². The van der Waals surface area contributed by atoms with E-state index in [2.05, 4.69) is 5.32 Å². The highest BCUT2D eigenvalue weighted by atomic mass is 35.5. The summed E-state index contributed by atoms with van der Waals surface area (Å²) in [6, 6.07) is 3.55. The van der Waals surface area contributed by atoms with Gasteiger partial charge in [0.2, 0.25) is 5.91 Å². The van der Waals surface area contributed by atoms with E-state index in [0.717, 1.165) is 25.7 Å². The number of hydrogen-bond donors (Lipinski definition) is 2. The van der Waals surface area contributed by atoms with Crippen LogP contribution in [0.25, 0.3) is 0 Å². The first-order chi connectivity index (χ1) is 12.1. The summed E-state index contributed by atoms with van der Waals surface area (Å²) in [5, 5.41) is 3.16. The van der Waals surface area contributed by atoms with Crippen molar-refractivity contribution in [2.24, 2.45) is 11.1 Å². The van der Waals surface area contributed by atoms with E-state index in [1.54, 1.807) is 17.0 Å². The lowest BCUT2D eigenvalue weighted by molar-refractivity contribution is -0.124. The normalized spacial score (nSPS) is 20.3. The fourth-order valence-corrected chi connectivity index (χ4v) is 4.16. The molecular weight excluding hydrogens is 354 g/mol. The van der Waals surface area contributed by atoms with E-state index in [-0.39, 0.29) is 35.7 Å².